The van der Waals surface area contributed by atoms with E-state index in [1.54, 1.807) is 0 Å². The van der Waals surface area contributed by atoms with Crippen LogP contribution >= 0.6 is 15.9 Å². The summed E-state index contributed by atoms with van der Waals surface area (Å²) in [4.78, 5) is 12.7. The molecule has 2 N–H and O–H groups in total. The van der Waals surface area contributed by atoms with E-state index in [4.69, 9.17) is 5.73 Å². The third-order valence-electron chi connectivity index (χ3n) is 4.06. The average molecular weight is 330 g/mol. The van der Waals surface area contributed by atoms with Gasteiger partial charge < -0.3 is 5.73 Å². The van der Waals surface area contributed by atoms with Crippen LogP contribution in [0, 0.1) is 0 Å². The maximum absolute atomic E-state index is 12.7. The predicted molar refractivity (Wildman–Crippen MR) is 84.6 cm³/mol. The van der Waals surface area contributed by atoms with E-state index >= 15 is 0 Å². The Morgan fingerprint density at radius 2 is 1.75 bits per heavy atom. The largest absolute Gasteiger partial charge is 0.399 e. The molecule has 2 aromatic rings. The van der Waals surface area contributed by atoms with Crippen LogP contribution in [0.3, 0.4) is 0 Å². The highest BCUT2D eigenvalue weighted by Crippen LogP contribution is 2.49. The van der Waals surface area contributed by atoms with Crippen LogP contribution in [-0.4, -0.2) is 5.78 Å². The lowest BCUT2D eigenvalue weighted by Crippen LogP contribution is -2.22. The number of Topliss-reactive ketones (excluding diaryl/α,β-unsaturated/α-hetero) is 1. The smallest absolute Gasteiger partial charge is 0.147 e. The molecular formula is C17H16BrNO. The molecule has 3 rings (SSSR count). The molecule has 0 spiro atoms. The van der Waals surface area contributed by atoms with Crippen molar-refractivity contribution in [2.24, 2.45) is 0 Å². The van der Waals surface area contributed by atoms with Crippen molar-refractivity contribution in [1.29, 1.82) is 0 Å². The van der Waals surface area contributed by atoms with Crippen LogP contribution < -0.4 is 5.73 Å². The first-order valence-electron chi connectivity index (χ1n) is 6.74. The van der Waals surface area contributed by atoms with Crippen molar-refractivity contribution >= 4 is 27.4 Å². The summed E-state index contributed by atoms with van der Waals surface area (Å²) in [6.45, 7) is 0. The van der Waals surface area contributed by atoms with Crippen molar-refractivity contribution in [1.82, 2.24) is 0 Å². The number of carbonyl (C=O) groups excluding carboxylic acids is 1. The number of benzene rings is 2. The van der Waals surface area contributed by atoms with E-state index in [0.717, 1.165) is 34.1 Å². The summed E-state index contributed by atoms with van der Waals surface area (Å²) in [5.74, 6) is 0.300. The fourth-order valence-corrected chi connectivity index (χ4v) is 3.06. The number of hydrogen-bond donors (Lipinski definition) is 1. The second-order valence-corrected chi connectivity index (χ2v) is 6.25. The minimum absolute atomic E-state index is 0.275. The molecule has 2 aromatic carbocycles. The first kappa shape index (κ1) is 13.4. The van der Waals surface area contributed by atoms with E-state index in [0.29, 0.717) is 12.2 Å². The molecule has 1 aliphatic carbocycles. The molecule has 1 saturated carbocycles. The summed E-state index contributed by atoms with van der Waals surface area (Å²) in [6, 6.07) is 15.6. The fourth-order valence-electron chi connectivity index (χ4n) is 2.64. The molecule has 0 bridgehead atoms. The van der Waals surface area contributed by atoms with Crippen LogP contribution in [-0.2, 0) is 16.6 Å². The molecule has 0 aliphatic heterocycles. The van der Waals surface area contributed by atoms with Crippen LogP contribution in [0.2, 0.25) is 0 Å². The molecule has 3 heteroatoms. The number of nitrogen functional groups attached to an aromatic ring is 1. The van der Waals surface area contributed by atoms with E-state index in [1.807, 2.05) is 48.5 Å². The Balaban J connectivity index is 1.84. The Labute approximate surface area is 127 Å². The average Bonchev–Trinajstić information content (AvgIpc) is 3.24. The molecule has 1 fully saturated rings. The summed E-state index contributed by atoms with van der Waals surface area (Å²) in [5.41, 5.74) is 8.34. The van der Waals surface area contributed by atoms with Gasteiger partial charge in [0, 0.05) is 16.6 Å². The van der Waals surface area contributed by atoms with Crippen LogP contribution in [0.25, 0.3) is 0 Å². The molecule has 0 amide bonds. The zero-order valence-electron chi connectivity index (χ0n) is 11.1. The lowest BCUT2D eigenvalue weighted by molar-refractivity contribution is -0.120. The van der Waals surface area contributed by atoms with Crippen LogP contribution in [0.5, 0.6) is 0 Å². The minimum atomic E-state index is -0.275. The van der Waals surface area contributed by atoms with Crippen molar-refractivity contribution < 1.29 is 4.79 Å². The second kappa shape index (κ2) is 5.06. The van der Waals surface area contributed by atoms with Gasteiger partial charge in [-0.1, -0.05) is 46.3 Å². The molecule has 20 heavy (non-hydrogen) atoms. The van der Waals surface area contributed by atoms with Crippen molar-refractivity contribution in [3.63, 3.8) is 0 Å². The van der Waals surface area contributed by atoms with Gasteiger partial charge in [0.15, 0.2) is 0 Å². The Morgan fingerprint density at radius 1 is 1.10 bits per heavy atom. The van der Waals surface area contributed by atoms with Gasteiger partial charge in [0.05, 0.1) is 5.41 Å². The molecular weight excluding hydrogens is 314 g/mol. The Hall–Kier alpha value is -1.61. The van der Waals surface area contributed by atoms with Gasteiger partial charge in [-0.3, -0.25) is 4.79 Å². The maximum Gasteiger partial charge on any atom is 0.147 e. The number of hydrogen-bond acceptors (Lipinski definition) is 2. The highest BCUT2D eigenvalue weighted by Gasteiger charge is 2.50. The highest BCUT2D eigenvalue weighted by molar-refractivity contribution is 9.10. The Bertz CT molecular complexity index is 644. The molecule has 0 aromatic heterocycles. The highest BCUT2D eigenvalue weighted by atomic mass is 79.9. The van der Waals surface area contributed by atoms with Gasteiger partial charge in [-0.25, -0.2) is 0 Å². The number of carbonyl (C=O) groups is 1. The van der Waals surface area contributed by atoms with Gasteiger partial charge in [-0.15, -0.1) is 0 Å². The van der Waals surface area contributed by atoms with E-state index in [2.05, 4.69) is 15.9 Å². The lowest BCUT2D eigenvalue weighted by atomic mass is 9.88. The second-order valence-electron chi connectivity index (χ2n) is 5.40. The number of anilines is 1. The van der Waals surface area contributed by atoms with E-state index in [9.17, 15) is 4.79 Å². The summed E-state index contributed by atoms with van der Waals surface area (Å²) < 4.78 is 1.00. The Kier molecular flexibility index (Phi) is 3.38. The van der Waals surface area contributed by atoms with Gasteiger partial charge in [0.25, 0.3) is 0 Å². The molecule has 2 nitrogen and oxygen atoms in total. The lowest BCUT2D eigenvalue weighted by Gasteiger charge is -2.15. The van der Waals surface area contributed by atoms with Crippen molar-refractivity contribution in [3.05, 3.63) is 64.1 Å². The third-order valence-corrected chi connectivity index (χ3v) is 4.83. The third kappa shape index (κ3) is 2.38. The molecule has 0 unspecified atom stereocenters. The SMILES string of the molecule is Nc1ccc(C2(C(=O)Cc3ccccc3Br)CC2)cc1. The fraction of sp³-hybridized carbons (Fsp3) is 0.235. The number of rotatable bonds is 4. The number of nitrogens with two attached hydrogens (primary N) is 1. The zero-order valence-corrected chi connectivity index (χ0v) is 12.7. The summed E-state index contributed by atoms with van der Waals surface area (Å²) >= 11 is 3.51. The van der Waals surface area contributed by atoms with Gasteiger partial charge in [-0.05, 0) is 42.2 Å². The predicted octanol–water partition coefficient (Wildman–Crippen LogP) is 3.87. The first-order valence-corrected chi connectivity index (χ1v) is 7.54. The van der Waals surface area contributed by atoms with Crippen molar-refractivity contribution in [2.75, 3.05) is 5.73 Å². The molecule has 1 aliphatic rings. The van der Waals surface area contributed by atoms with E-state index in [-0.39, 0.29) is 5.41 Å². The van der Waals surface area contributed by atoms with Crippen molar-refractivity contribution in [2.45, 2.75) is 24.7 Å². The van der Waals surface area contributed by atoms with Crippen LogP contribution in [0.4, 0.5) is 5.69 Å². The molecule has 0 heterocycles. The number of ketones is 1. The van der Waals surface area contributed by atoms with E-state index < -0.39 is 0 Å². The normalized spacial score (nSPS) is 15.8. The number of halogens is 1. The Morgan fingerprint density at radius 3 is 2.35 bits per heavy atom. The van der Waals surface area contributed by atoms with Gasteiger partial charge >= 0.3 is 0 Å². The van der Waals surface area contributed by atoms with E-state index in [1.165, 1.54) is 0 Å². The minimum Gasteiger partial charge on any atom is -0.399 e. The van der Waals surface area contributed by atoms with Crippen LogP contribution in [0.1, 0.15) is 24.0 Å². The zero-order chi connectivity index (χ0) is 14.2. The maximum atomic E-state index is 12.7. The molecule has 102 valence electrons. The monoisotopic (exact) mass is 329 g/mol. The molecule has 0 saturated heterocycles. The molecule has 0 atom stereocenters. The van der Waals surface area contributed by atoms with Gasteiger partial charge in [-0.2, -0.15) is 0 Å². The standard InChI is InChI=1S/C17H16BrNO/c18-15-4-2-1-3-12(15)11-16(20)17(9-10-17)13-5-7-14(19)8-6-13/h1-8H,9-11,19H2. The van der Waals surface area contributed by atoms with Gasteiger partial charge in [0.2, 0.25) is 0 Å². The van der Waals surface area contributed by atoms with Gasteiger partial charge in [0.1, 0.15) is 5.78 Å². The summed E-state index contributed by atoms with van der Waals surface area (Å²) in [5, 5.41) is 0. The molecule has 0 radical (unpaired) electrons. The quantitative estimate of drug-likeness (QED) is 0.865. The first-order chi connectivity index (χ1) is 9.62. The van der Waals surface area contributed by atoms with Crippen molar-refractivity contribution in [3.8, 4) is 0 Å². The topological polar surface area (TPSA) is 43.1 Å². The summed E-state index contributed by atoms with van der Waals surface area (Å²) in [7, 11) is 0. The van der Waals surface area contributed by atoms with Crippen LogP contribution in [0.15, 0.2) is 53.0 Å². The summed E-state index contributed by atoms with van der Waals surface area (Å²) in [6.07, 6.45) is 2.37.